The SMILES string of the molecule is CNC(C)(CO)CCCN1CC(C)C(N(C)C)C1. The average molecular weight is 257 g/mol. The number of nitrogens with one attached hydrogen (secondary N) is 1. The van der Waals surface area contributed by atoms with E-state index in [1.165, 1.54) is 13.1 Å². The molecule has 4 nitrogen and oxygen atoms in total. The van der Waals surface area contributed by atoms with Crippen molar-refractivity contribution >= 4 is 0 Å². The fourth-order valence-electron chi connectivity index (χ4n) is 2.88. The van der Waals surface area contributed by atoms with Crippen molar-refractivity contribution in [3.8, 4) is 0 Å². The molecule has 1 heterocycles. The van der Waals surface area contributed by atoms with Gasteiger partial charge in [-0.2, -0.15) is 0 Å². The zero-order chi connectivity index (χ0) is 13.8. The molecule has 2 N–H and O–H groups in total. The first-order chi connectivity index (χ1) is 8.41. The second-order valence-electron chi connectivity index (χ2n) is 6.34. The lowest BCUT2D eigenvalue weighted by Gasteiger charge is -2.28. The fraction of sp³-hybridized carbons (Fsp3) is 1.00. The highest BCUT2D eigenvalue weighted by Gasteiger charge is 2.30. The summed E-state index contributed by atoms with van der Waals surface area (Å²) in [6.07, 6.45) is 2.17. The van der Waals surface area contributed by atoms with Gasteiger partial charge < -0.3 is 20.2 Å². The minimum atomic E-state index is -0.119. The molecule has 0 radical (unpaired) electrons. The van der Waals surface area contributed by atoms with Gasteiger partial charge in [-0.15, -0.1) is 0 Å². The highest BCUT2D eigenvalue weighted by atomic mass is 16.3. The molecule has 0 bridgehead atoms. The van der Waals surface area contributed by atoms with Gasteiger partial charge in [-0.05, 0) is 53.4 Å². The van der Waals surface area contributed by atoms with Crippen molar-refractivity contribution in [2.24, 2.45) is 5.92 Å². The molecular weight excluding hydrogens is 226 g/mol. The summed E-state index contributed by atoms with van der Waals surface area (Å²) in [6, 6.07) is 0.693. The predicted molar refractivity (Wildman–Crippen MR) is 76.9 cm³/mol. The fourth-order valence-corrected chi connectivity index (χ4v) is 2.88. The first kappa shape index (κ1) is 15.9. The van der Waals surface area contributed by atoms with Gasteiger partial charge in [0, 0.05) is 24.7 Å². The Hall–Kier alpha value is -0.160. The molecule has 0 aliphatic carbocycles. The zero-order valence-electron chi connectivity index (χ0n) is 12.7. The molecule has 0 aromatic carbocycles. The largest absolute Gasteiger partial charge is 0.394 e. The Balaban J connectivity index is 2.29. The summed E-state index contributed by atoms with van der Waals surface area (Å²) in [4.78, 5) is 4.90. The third-order valence-electron chi connectivity index (χ3n) is 4.47. The van der Waals surface area contributed by atoms with Gasteiger partial charge in [0.05, 0.1) is 6.61 Å². The number of aliphatic hydroxyl groups excluding tert-OH is 1. The maximum atomic E-state index is 9.35. The second-order valence-corrected chi connectivity index (χ2v) is 6.34. The van der Waals surface area contributed by atoms with E-state index in [1.54, 1.807) is 0 Å². The van der Waals surface area contributed by atoms with Crippen LogP contribution in [0.5, 0.6) is 0 Å². The van der Waals surface area contributed by atoms with Crippen molar-refractivity contribution in [1.29, 1.82) is 0 Å². The van der Waals surface area contributed by atoms with E-state index < -0.39 is 0 Å². The molecule has 0 saturated carbocycles. The van der Waals surface area contributed by atoms with Gasteiger partial charge in [-0.1, -0.05) is 6.92 Å². The normalized spacial score (nSPS) is 28.8. The Morgan fingerprint density at radius 3 is 2.50 bits per heavy atom. The molecule has 108 valence electrons. The number of hydrogen-bond acceptors (Lipinski definition) is 4. The van der Waals surface area contributed by atoms with E-state index >= 15 is 0 Å². The number of likely N-dealkylation sites (tertiary alicyclic amines) is 1. The van der Waals surface area contributed by atoms with Crippen molar-refractivity contribution in [2.45, 2.75) is 38.3 Å². The van der Waals surface area contributed by atoms with E-state index in [4.69, 9.17) is 0 Å². The molecule has 18 heavy (non-hydrogen) atoms. The minimum Gasteiger partial charge on any atom is -0.394 e. The summed E-state index contributed by atoms with van der Waals surface area (Å²) in [5.41, 5.74) is -0.119. The van der Waals surface area contributed by atoms with Crippen molar-refractivity contribution in [1.82, 2.24) is 15.1 Å². The quantitative estimate of drug-likeness (QED) is 0.701. The summed E-state index contributed by atoms with van der Waals surface area (Å²) in [5.74, 6) is 0.758. The van der Waals surface area contributed by atoms with Crippen LogP contribution in [0.4, 0.5) is 0 Å². The van der Waals surface area contributed by atoms with Crippen LogP contribution in [0.1, 0.15) is 26.7 Å². The molecule has 1 rings (SSSR count). The summed E-state index contributed by atoms with van der Waals surface area (Å²) in [6.45, 7) is 8.17. The van der Waals surface area contributed by atoms with E-state index in [0.717, 1.165) is 25.3 Å². The molecule has 1 aliphatic heterocycles. The maximum Gasteiger partial charge on any atom is 0.0610 e. The Morgan fingerprint density at radius 2 is 2.06 bits per heavy atom. The van der Waals surface area contributed by atoms with Crippen LogP contribution in [0.3, 0.4) is 0 Å². The highest BCUT2D eigenvalue weighted by Crippen LogP contribution is 2.21. The molecule has 0 aromatic rings. The maximum absolute atomic E-state index is 9.35. The third kappa shape index (κ3) is 4.19. The summed E-state index contributed by atoms with van der Waals surface area (Å²) in [7, 11) is 6.28. The summed E-state index contributed by atoms with van der Waals surface area (Å²) in [5, 5.41) is 12.6. The number of hydrogen-bond donors (Lipinski definition) is 2. The Labute approximate surface area is 112 Å². The van der Waals surface area contributed by atoms with Gasteiger partial charge in [-0.3, -0.25) is 0 Å². The van der Waals surface area contributed by atoms with Crippen LogP contribution in [0, 0.1) is 5.92 Å². The van der Waals surface area contributed by atoms with E-state index in [-0.39, 0.29) is 12.1 Å². The van der Waals surface area contributed by atoms with Crippen molar-refractivity contribution in [2.75, 3.05) is 47.4 Å². The molecule has 0 spiro atoms. The standard InChI is InChI=1S/C14H31N3O/c1-12-9-17(10-13(12)16(4)5)8-6-7-14(2,11-18)15-3/h12-13,15,18H,6-11H2,1-5H3. The van der Waals surface area contributed by atoms with Gasteiger partial charge in [-0.25, -0.2) is 0 Å². The van der Waals surface area contributed by atoms with Crippen molar-refractivity contribution in [3.05, 3.63) is 0 Å². The smallest absolute Gasteiger partial charge is 0.0610 e. The van der Waals surface area contributed by atoms with E-state index in [2.05, 4.69) is 43.1 Å². The van der Waals surface area contributed by atoms with Crippen LogP contribution in [0.15, 0.2) is 0 Å². The third-order valence-corrected chi connectivity index (χ3v) is 4.47. The molecule has 0 amide bonds. The van der Waals surface area contributed by atoms with Crippen molar-refractivity contribution < 1.29 is 5.11 Å². The number of rotatable bonds is 7. The Kier molecular flexibility index (Phi) is 6.05. The lowest BCUT2D eigenvalue weighted by atomic mass is 9.97. The van der Waals surface area contributed by atoms with Gasteiger partial charge in [0.25, 0.3) is 0 Å². The monoisotopic (exact) mass is 257 g/mol. The average Bonchev–Trinajstić information content (AvgIpc) is 2.70. The van der Waals surface area contributed by atoms with E-state index in [9.17, 15) is 5.11 Å². The number of aliphatic hydroxyl groups is 1. The first-order valence-corrected chi connectivity index (χ1v) is 7.10. The van der Waals surface area contributed by atoms with Gasteiger partial charge in [0.1, 0.15) is 0 Å². The minimum absolute atomic E-state index is 0.119. The Bertz CT molecular complexity index is 241. The molecular formula is C14H31N3O. The second kappa shape index (κ2) is 6.85. The summed E-state index contributed by atoms with van der Waals surface area (Å²) < 4.78 is 0. The molecule has 0 aromatic heterocycles. The molecule has 4 heteroatoms. The Morgan fingerprint density at radius 1 is 1.39 bits per heavy atom. The van der Waals surface area contributed by atoms with Crippen LogP contribution in [0.2, 0.25) is 0 Å². The zero-order valence-corrected chi connectivity index (χ0v) is 12.7. The van der Waals surface area contributed by atoms with Crippen LogP contribution in [-0.2, 0) is 0 Å². The molecule has 1 aliphatic rings. The topological polar surface area (TPSA) is 38.7 Å². The van der Waals surface area contributed by atoms with Crippen molar-refractivity contribution in [3.63, 3.8) is 0 Å². The number of likely N-dealkylation sites (N-methyl/N-ethyl adjacent to an activating group) is 2. The number of nitrogens with zero attached hydrogens (tertiary/aromatic N) is 2. The first-order valence-electron chi connectivity index (χ1n) is 7.10. The summed E-state index contributed by atoms with van der Waals surface area (Å²) >= 11 is 0. The van der Waals surface area contributed by atoms with Gasteiger partial charge >= 0.3 is 0 Å². The predicted octanol–water partition coefficient (Wildman–Crippen LogP) is 0.619. The van der Waals surface area contributed by atoms with Gasteiger partial charge in [0.2, 0.25) is 0 Å². The highest BCUT2D eigenvalue weighted by molar-refractivity contribution is 4.87. The molecule has 3 atom stereocenters. The van der Waals surface area contributed by atoms with E-state index in [1.807, 2.05) is 7.05 Å². The lowest BCUT2D eigenvalue weighted by Crippen LogP contribution is -2.43. The molecule has 3 unspecified atom stereocenters. The van der Waals surface area contributed by atoms with Crippen LogP contribution >= 0.6 is 0 Å². The molecule has 1 fully saturated rings. The van der Waals surface area contributed by atoms with E-state index in [0.29, 0.717) is 6.04 Å². The van der Waals surface area contributed by atoms with Crippen LogP contribution in [-0.4, -0.2) is 73.9 Å². The van der Waals surface area contributed by atoms with Crippen LogP contribution < -0.4 is 5.32 Å². The lowest BCUT2D eigenvalue weighted by molar-refractivity contribution is 0.165. The molecule has 1 saturated heterocycles. The van der Waals surface area contributed by atoms with Crippen LogP contribution in [0.25, 0.3) is 0 Å². The van der Waals surface area contributed by atoms with Gasteiger partial charge in [0.15, 0.2) is 0 Å².